The Morgan fingerprint density at radius 1 is 1.05 bits per heavy atom. The molecule has 3 amide bonds. The standard InChI is InChI=1S/C30H30N2O5S/c1-16-10-11-17(14-22(16)32-27(34)19-8-6-7-9-20(19)28(32)35)25(33)31-26-24(29(36)37-5)21-13-12-18(30(2,3)4)15-23(21)38-26/h6-11,14,18H,12-13,15H2,1-5H3,(H,31,33). The molecular weight excluding hydrogens is 500 g/mol. The quantitative estimate of drug-likeness (QED) is 0.328. The van der Waals surface area contributed by atoms with Gasteiger partial charge in [-0.25, -0.2) is 9.69 Å². The number of aryl methyl sites for hydroxylation is 1. The Morgan fingerprint density at radius 2 is 1.71 bits per heavy atom. The molecule has 0 saturated carbocycles. The number of esters is 1. The third-order valence-corrected chi connectivity index (χ3v) is 8.78. The fraction of sp³-hybridized carbons (Fsp3) is 0.333. The van der Waals surface area contributed by atoms with Gasteiger partial charge < -0.3 is 10.1 Å². The smallest absolute Gasteiger partial charge is 0.341 e. The lowest BCUT2D eigenvalue weighted by molar-refractivity contribution is 0.0600. The van der Waals surface area contributed by atoms with Crippen LogP contribution in [0, 0.1) is 18.3 Å². The van der Waals surface area contributed by atoms with Gasteiger partial charge in [0.05, 0.1) is 29.5 Å². The number of fused-ring (bicyclic) bond motifs is 2. The number of nitrogens with one attached hydrogen (secondary N) is 1. The van der Waals surface area contributed by atoms with Gasteiger partial charge in [0, 0.05) is 10.4 Å². The van der Waals surface area contributed by atoms with Crippen LogP contribution in [0.1, 0.15) is 84.6 Å². The molecule has 2 aromatic carbocycles. The summed E-state index contributed by atoms with van der Waals surface area (Å²) in [5, 5.41) is 3.38. The molecule has 1 aliphatic heterocycles. The molecular formula is C30H30N2O5S. The zero-order valence-corrected chi connectivity index (χ0v) is 23.0. The highest BCUT2D eigenvalue weighted by atomic mass is 32.1. The minimum Gasteiger partial charge on any atom is -0.465 e. The molecule has 0 spiro atoms. The first-order chi connectivity index (χ1) is 18.0. The third kappa shape index (κ3) is 4.32. The molecule has 196 valence electrons. The van der Waals surface area contributed by atoms with Gasteiger partial charge in [-0.15, -0.1) is 11.3 Å². The molecule has 1 atom stereocenters. The van der Waals surface area contributed by atoms with E-state index in [0.29, 0.717) is 38.9 Å². The van der Waals surface area contributed by atoms with E-state index in [1.54, 1.807) is 49.4 Å². The topological polar surface area (TPSA) is 92.8 Å². The number of anilines is 2. The van der Waals surface area contributed by atoms with Gasteiger partial charge in [0.1, 0.15) is 5.00 Å². The van der Waals surface area contributed by atoms with Crippen molar-refractivity contribution in [2.45, 2.75) is 47.0 Å². The van der Waals surface area contributed by atoms with Crippen LogP contribution in [0.5, 0.6) is 0 Å². The first-order valence-electron chi connectivity index (χ1n) is 12.6. The van der Waals surface area contributed by atoms with Crippen LogP contribution in [0.25, 0.3) is 0 Å². The summed E-state index contributed by atoms with van der Waals surface area (Å²) in [6.45, 7) is 8.46. The van der Waals surface area contributed by atoms with E-state index >= 15 is 0 Å². The summed E-state index contributed by atoms with van der Waals surface area (Å²) in [4.78, 5) is 54.5. The van der Waals surface area contributed by atoms with Crippen molar-refractivity contribution < 1.29 is 23.9 Å². The van der Waals surface area contributed by atoms with Gasteiger partial charge in [-0.05, 0) is 72.9 Å². The highest BCUT2D eigenvalue weighted by molar-refractivity contribution is 7.17. The molecule has 38 heavy (non-hydrogen) atoms. The van der Waals surface area contributed by atoms with E-state index in [1.807, 2.05) is 0 Å². The van der Waals surface area contributed by atoms with E-state index < -0.39 is 23.7 Å². The first-order valence-corrected chi connectivity index (χ1v) is 13.5. The summed E-state index contributed by atoms with van der Waals surface area (Å²) >= 11 is 1.42. The molecule has 1 unspecified atom stereocenters. The van der Waals surface area contributed by atoms with Crippen LogP contribution in [-0.2, 0) is 17.6 Å². The molecule has 2 aliphatic rings. The van der Waals surface area contributed by atoms with Gasteiger partial charge in [-0.3, -0.25) is 14.4 Å². The molecule has 0 saturated heterocycles. The fourth-order valence-electron chi connectivity index (χ4n) is 5.31. The Balaban J connectivity index is 1.47. The monoisotopic (exact) mass is 530 g/mol. The lowest BCUT2D eigenvalue weighted by Gasteiger charge is -2.33. The maximum Gasteiger partial charge on any atom is 0.341 e. The summed E-state index contributed by atoms with van der Waals surface area (Å²) in [7, 11) is 1.34. The molecule has 1 aliphatic carbocycles. The molecule has 1 N–H and O–H groups in total. The van der Waals surface area contributed by atoms with Gasteiger partial charge in [0.25, 0.3) is 17.7 Å². The largest absolute Gasteiger partial charge is 0.465 e. The zero-order valence-electron chi connectivity index (χ0n) is 22.1. The second-order valence-electron chi connectivity index (χ2n) is 11.0. The Hall–Kier alpha value is -3.78. The molecule has 7 nitrogen and oxygen atoms in total. The van der Waals surface area contributed by atoms with Crippen LogP contribution in [-0.4, -0.2) is 30.8 Å². The lowest BCUT2D eigenvalue weighted by atomic mass is 9.72. The highest BCUT2D eigenvalue weighted by Gasteiger charge is 2.38. The number of hydrogen-bond acceptors (Lipinski definition) is 6. The van der Waals surface area contributed by atoms with Crippen molar-refractivity contribution >= 4 is 45.7 Å². The third-order valence-electron chi connectivity index (χ3n) is 7.61. The highest BCUT2D eigenvalue weighted by Crippen LogP contribution is 2.44. The number of thiophene rings is 1. The van der Waals surface area contributed by atoms with Crippen LogP contribution >= 0.6 is 11.3 Å². The maximum atomic E-state index is 13.4. The summed E-state index contributed by atoms with van der Waals surface area (Å²) in [6, 6.07) is 11.6. The van der Waals surface area contributed by atoms with E-state index in [2.05, 4.69) is 26.1 Å². The van der Waals surface area contributed by atoms with Crippen LogP contribution in [0.15, 0.2) is 42.5 Å². The second kappa shape index (κ2) is 9.51. The Labute approximate surface area is 225 Å². The normalized spacial score (nSPS) is 16.8. The van der Waals surface area contributed by atoms with E-state index in [4.69, 9.17) is 4.74 Å². The number of amides is 3. The Bertz CT molecular complexity index is 1460. The van der Waals surface area contributed by atoms with Crippen molar-refractivity contribution in [3.63, 3.8) is 0 Å². The van der Waals surface area contributed by atoms with E-state index in [9.17, 15) is 19.2 Å². The second-order valence-corrected chi connectivity index (χ2v) is 12.1. The van der Waals surface area contributed by atoms with Crippen molar-refractivity contribution in [3.05, 3.63) is 80.7 Å². The minimum atomic E-state index is -0.470. The molecule has 8 heteroatoms. The lowest BCUT2D eigenvalue weighted by Crippen LogP contribution is -2.30. The average Bonchev–Trinajstić information content (AvgIpc) is 3.37. The van der Waals surface area contributed by atoms with E-state index in [-0.39, 0.29) is 11.0 Å². The van der Waals surface area contributed by atoms with Crippen LogP contribution in [0.4, 0.5) is 10.7 Å². The first kappa shape index (κ1) is 25.9. The van der Waals surface area contributed by atoms with Crippen LogP contribution in [0.3, 0.4) is 0 Å². The zero-order chi connectivity index (χ0) is 27.4. The number of carbonyl (C=O) groups is 4. The SMILES string of the molecule is COC(=O)c1c(NC(=O)c2ccc(C)c(N3C(=O)c4ccccc4C3=O)c2)sc2c1CCC(C(C)(C)C)C2. The maximum absolute atomic E-state index is 13.4. The van der Waals surface area contributed by atoms with Crippen molar-refractivity contribution in [2.24, 2.45) is 11.3 Å². The number of rotatable bonds is 4. The molecule has 5 rings (SSSR count). The number of hydrogen-bond donors (Lipinski definition) is 1. The minimum absolute atomic E-state index is 0.138. The predicted molar refractivity (Wildman–Crippen MR) is 147 cm³/mol. The molecule has 3 aromatic rings. The number of nitrogens with zero attached hydrogens (tertiary/aromatic N) is 1. The number of methoxy groups -OCH3 is 1. The predicted octanol–water partition coefficient (Wildman–Crippen LogP) is 6.05. The van der Waals surface area contributed by atoms with Crippen LogP contribution < -0.4 is 10.2 Å². The van der Waals surface area contributed by atoms with E-state index in [0.717, 1.165) is 34.6 Å². The van der Waals surface area contributed by atoms with Crippen molar-refractivity contribution in [2.75, 3.05) is 17.3 Å². The van der Waals surface area contributed by atoms with Crippen molar-refractivity contribution in [3.8, 4) is 0 Å². The summed E-state index contributed by atoms with van der Waals surface area (Å²) in [5.74, 6) is -1.26. The molecule has 0 radical (unpaired) electrons. The average molecular weight is 531 g/mol. The summed E-state index contributed by atoms with van der Waals surface area (Å²) in [6.07, 6.45) is 2.56. The van der Waals surface area contributed by atoms with Crippen molar-refractivity contribution in [1.82, 2.24) is 0 Å². The number of carbonyl (C=O) groups excluding carboxylic acids is 4. The van der Waals surface area contributed by atoms with E-state index in [1.165, 1.54) is 18.4 Å². The molecule has 1 aromatic heterocycles. The van der Waals surface area contributed by atoms with Crippen LogP contribution in [0.2, 0.25) is 0 Å². The number of imide groups is 1. The summed E-state index contributed by atoms with van der Waals surface area (Å²) in [5.41, 5.74) is 3.51. The molecule has 2 heterocycles. The molecule has 0 fully saturated rings. The van der Waals surface area contributed by atoms with Crippen molar-refractivity contribution in [1.29, 1.82) is 0 Å². The fourth-order valence-corrected chi connectivity index (χ4v) is 6.62. The number of benzene rings is 2. The Morgan fingerprint density at radius 3 is 2.32 bits per heavy atom. The van der Waals surface area contributed by atoms with Gasteiger partial charge in [0.2, 0.25) is 0 Å². The van der Waals surface area contributed by atoms with Gasteiger partial charge >= 0.3 is 5.97 Å². The van der Waals surface area contributed by atoms with Gasteiger partial charge in [-0.1, -0.05) is 39.0 Å². The van der Waals surface area contributed by atoms with Gasteiger partial charge in [-0.2, -0.15) is 0 Å². The number of ether oxygens (including phenoxy) is 1. The Kier molecular flexibility index (Phi) is 6.47. The molecule has 0 bridgehead atoms. The summed E-state index contributed by atoms with van der Waals surface area (Å²) < 4.78 is 5.07. The van der Waals surface area contributed by atoms with Gasteiger partial charge in [0.15, 0.2) is 0 Å².